The number of carbonyl (C=O) groups is 1. The van der Waals surface area contributed by atoms with Crippen LogP contribution in [0.4, 0.5) is 5.82 Å². The lowest BCUT2D eigenvalue weighted by atomic mass is 10.1. The highest BCUT2D eigenvalue weighted by Crippen LogP contribution is 2.23. The molecule has 0 saturated heterocycles. The maximum atomic E-state index is 11.5. The van der Waals surface area contributed by atoms with Crippen LogP contribution in [0.25, 0.3) is 0 Å². The van der Waals surface area contributed by atoms with Gasteiger partial charge in [0.25, 0.3) is 0 Å². The molecule has 2 rings (SSSR count). The normalized spacial score (nSPS) is 10.1. The molecule has 0 aliphatic heterocycles. The predicted molar refractivity (Wildman–Crippen MR) is 87.9 cm³/mol. The standard InChI is InChI=1S/C16H16N4O2S/c1-3-13-12(8-17)14(18)20-16(19-13)23-9-10-5-4-6-11(7-10)15(21)22-2/h4-7H,3,9H2,1-2H3,(H2,18,19,20). The molecule has 0 fully saturated rings. The molecule has 0 radical (unpaired) electrons. The Balaban J connectivity index is 2.17. The first kappa shape index (κ1) is 16.8. The zero-order valence-electron chi connectivity index (χ0n) is 12.9. The van der Waals surface area contributed by atoms with Crippen molar-refractivity contribution in [2.24, 2.45) is 0 Å². The Hall–Kier alpha value is -2.59. The van der Waals surface area contributed by atoms with Gasteiger partial charge in [0.05, 0.1) is 18.4 Å². The summed E-state index contributed by atoms with van der Waals surface area (Å²) in [6.07, 6.45) is 0.612. The molecule has 1 aromatic heterocycles. The van der Waals surface area contributed by atoms with E-state index in [0.29, 0.717) is 34.2 Å². The van der Waals surface area contributed by atoms with Gasteiger partial charge in [0.2, 0.25) is 0 Å². The largest absolute Gasteiger partial charge is 0.465 e. The Morgan fingerprint density at radius 3 is 2.87 bits per heavy atom. The Morgan fingerprint density at radius 1 is 1.43 bits per heavy atom. The van der Waals surface area contributed by atoms with E-state index in [1.807, 2.05) is 19.1 Å². The molecule has 0 bridgehead atoms. The molecule has 2 N–H and O–H groups in total. The van der Waals surface area contributed by atoms with Gasteiger partial charge in [-0.15, -0.1) is 0 Å². The third-order valence-electron chi connectivity index (χ3n) is 3.15. The molecular formula is C16H16N4O2S. The molecule has 7 heteroatoms. The predicted octanol–water partition coefficient (Wildman–Crippen LogP) is 2.57. The van der Waals surface area contributed by atoms with Crippen LogP contribution in [0, 0.1) is 11.3 Å². The highest BCUT2D eigenvalue weighted by Gasteiger charge is 2.12. The van der Waals surface area contributed by atoms with Crippen molar-refractivity contribution < 1.29 is 9.53 Å². The number of hydrogen-bond donors (Lipinski definition) is 1. The molecular weight excluding hydrogens is 312 g/mol. The van der Waals surface area contributed by atoms with E-state index >= 15 is 0 Å². The van der Waals surface area contributed by atoms with Crippen LogP contribution in [0.5, 0.6) is 0 Å². The smallest absolute Gasteiger partial charge is 0.337 e. The lowest BCUT2D eigenvalue weighted by Crippen LogP contribution is -2.04. The fourth-order valence-corrected chi connectivity index (χ4v) is 2.81. The number of thioether (sulfide) groups is 1. The SMILES string of the molecule is CCc1nc(SCc2cccc(C(=O)OC)c2)nc(N)c1C#N. The van der Waals surface area contributed by atoms with Crippen molar-refractivity contribution in [3.05, 3.63) is 46.6 Å². The third-order valence-corrected chi connectivity index (χ3v) is 4.07. The van der Waals surface area contributed by atoms with E-state index in [9.17, 15) is 4.79 Å². The number of carbonyl (C=O) groups excluding carboxylic acids is 1. The average Bonchev–Trinajstić information content (AvgIpc) is 2.58. The van der Waals surface area contributed by atoms with Crippen molar-refractivity contribution in [3.63, 3.8) is 0 Å². The van der Waals surface area contributed by atoms with Gasteiger partial charge in [-0.1, -0.05) is 30.8 Å². The summed E-state index contributed by atoms with van der Waals surface area (Å²) in [5, 5.41) is 9.59. The number of esters is 1. The second kappa shape index (κ2) is 7.61. The van der Waals surface area contributed by atoms with E-state index in [0.717, 1.165) is 5.56 Å². The van der Waals surface area contributed by atoms with E-state index in [4.69, 9.17) is 15.7 Å². The van der Waals surface area contributed by atoms with E-state index in [1.54, 1.807) is 18.2 Å². The zero-order chi connectivity index (χ0) is 16.8. The van der Waals surface area contributed by atoms with Crippen LogP contribution >= 0.6 is 11.8 Å². The molecule has 0 aliphatic carbocycles. The maximum absolute atomic E-state index is 11.5. The number of benzene rings is 1. The van der Waals surface area contributed by atoms with Crippen molar-refractivity contribution >= 4 is 23.5 Å². The van der Waals surface area contributed by atoms with Crippen molar-refractivity contribution in [3.8, 4) is 6.07 Å². The third kappa shape index (κ3) is 3.99. The number of anilines is 1. The number of nitrogens with zero attached hydrogens (tertiary/aromatic N) is 3. The lowest BCUT2D eigenvalue weighted by molar-refractivity contribution is 0.0600. The number of aromatic nitrogens is 2. The number of aryl methyl sites for hydroxylation is 1. The van der Waals surface area contributed by atoms with Gasteiger partial charge < -0.3 is 10.5 Å². The van der Waals surface area contributed by atoms with Gasteiger partial charge in [-0.25, -0.2) is 14.8 Å². The van der Waals surface area contributed by atoms with Gasteiger partial charge in [0.15, 0.2) is 5.16 Å². The molecule has 23 heavy (non-hydrogen) atoms. The highest BCUT2D eigenvalue weighted by molar-refractivity contribution is 7.98. The Labute approximate surface area is 138 Å². The summed E-state index contributed by atoms with van der Waals surface area (Å²) >= 11 is 1.40. The minimum Gasteiger partial charge on any atom is -0.465 e. The number of nitrogens with two attached hydrogens (primary N) is 1. The van der Waals surface area contributed by atoms with Crippen molar-refractivity contribution in [2.75, 3.05) is 12.8 Å². The number of nitriles is 1. The zero-order valence-corrected chi connectivity index (χ0v) is 13.7. The average molecular weight is 328 g/mol. The van der Waals surface area contributed by atoms with Crippen LogP contribution in [-0.2, 0) is 16.9 Å². The van der Waals surface area contributed by atoms with Crippen molar-refractivity contribution in [2.45, 2.75) is 24.3 Å². The summed E-state index contributed by atoms with van der Waals surface area (Å²) in [6.45, 7) is 1.91. The van der Waals surface area contributed by atoms with Gasteiger partial charge in [-0.3, -0.25) is 0 Å². The fourth-order valence-electron chi connectivity index (χ4n) is 2.00. The minimum absolute atomic E-state index is 0.199. The van der Waals surface area contributed by atoms with Gasteiger partial charge in [-0.2, -0.15) is 5.26 Å². The number of methoxy groups -OCH3 is 1. The van der Waals surface area contributed by atoms with Crippen molar-refractivity contribution in [1.82, 2.24) is 9.97 Å². The van der Waals surface area contributed by atoms with Gasteiger partial charge in [0.1, 0.15) is 17.5 Å². The second-order valence-electron chi connectivity index (χ2n) is 4.66. The Morgan fingerprint density at radius 2 is 2.22 bits per heavy atom. The van der Waals surface area contributed by atoms with Crippen LogP contribution in [0.2, 0.25) is 0 Å². The Kier molecular flexibility index (Phi) is 5.55. The summed E-state index contributed by atoms with van der Waals surface area (Å²) in [6, 6.07) is 9.21. The first-order valence-electron chi connectivity index (χ1n) is 6.95. The van der Waals surface area contributed by atoms with Crippen LogP contribution in [0.1, 0.15) is 34.1 Å². The summed E-state index contributed by atoms with van der Waals surface area (Å²) in [5.41, 5.74) is 8.24. The molecule has 0 unspecified atom stereocenters. The van der Waals surface area contributed by atoms with Gasteiger partial charge in [-0.05, 0) is 24.1 Å². The molecule has 1 heterocycles. The van der Waals surface area contributed by atoms with Crippen molar-refractivity contribution in [1.29, 1.82) is 5.26 Å². The number of rotatable bonds is 5. The number of hydrogen-bond acceptors (Lipinski definition) is 7. The van der Waals surface area contributed by atoms with Crippen LogP contribution < -0.4 is 5.73 Å². The molecule has 0 saturated carbocycles. The molecule has 6 nitrogen and oxygen atoms in total. The summed E-state index contributed by atoms with van der Waals surface area (Å²) < 4.78 is 4.71. The number of ether oxygens (including phenoxy) is 1. The Bertz CT molecular complexity index is 771. The minimum atomic E-state index is -0.371. The highest BCUT2D eigenvalue weighted by atomic mass is 32.2. The first-order valence-corrected chi connectivity index (χ1v) is 7.94. The van der Waals surface area contributed by atoms with E-state index < -0.39 is 0 Å². The molecule has 0 atom stereocenters. The number of nitrogen functional groups attached to an aromatic ring is 1. The van der Waals surface area contributed by atoms with E-state index in [2.05, 4.69) is 9.97 Å². The van der Waals surface area contributed by atoms with Crippen LogP contribution in [0.15, 0.2) is 29.4 Å². The summed E-state index contributed by atoms with van der Waals surface area (Å²) in [5.74, 6) is 0.411. The topological polar surface area (TPSA) is 102 Å². The molecule has 0 amide bonds. The van der Waals surface area contributed by atoms with E-state index in [-0.39, 0.29) is 11.8 Å². The molecule has 118 valence electrons. The second-order valence-corrected chi connectivity index (χ2v) is 5.60. The lowest BCUT2D eigenvalue weighted by Gasteiger charge is -2.07. The van der Waals surface area contributed by atoms with Gasteiger partial charge >= 0.3 is 5.97 Å². The van der Waals surface area contributed by atoms with Gasteiger partial charge in [0, 0.05) is 5.75 Å². The quantitative estimate of drug-likeness (QED) is 0.511. The summed E-state index contributed by atoms with van der Waals surface area (Å²) in [7, 11) is 1.35. The first-order chi connectivity index (χ1) is 11.1. The molecule has 0 spiro atoms. The van der Waals surface area contributed by atoms with Crippen LogP contribution in [-0.4, -0.2) is 23.0 Å². The molecule has 2 aromatic rings. The fraction of sp³-hybridized carbons (Fsp3) is 0.250. The maximum Gasteiger partial charge on any atom is 0.337 e. The monoisotopic (exact) mass is 328 g/mol. The summed E-state index contributed by atoms with van der Waals surface area (Å²) in [4.78, 5) is 20.1. The van der Waals surface area contributed by atoms with Crippen LogP contribution in [0.3, 0.4) is 0 Å². The molecule has 1 aromatic carbocycles. The molecule has 0 aliphatic rings. The van der Waals surface area contributed by atoms with E-state index in [1.165, 1.54) is 18.9 Å².